The van der Waals surface area contributed by atoms with Crippen LogP contribution in [0.15, 0.2) is 69.6 Å². The zero-order chi connectivity index (χ0) is 24.4. The van der Waals surface area contributed by atoms with E-state index in [4.69, 9.17) is 23.2 Å². The summed E-state index contributed by atoms with van der Waals surface area (Å²) in [6.07, 6.45) is 0. The highest BCUT2D eigenvalue weighted by atomic mass is 35.5. The van der Waals surface area contributed by atoms with Crippen LogP contribution in [0.25, 0.3) is 16.6 Å². The van der Waals surface area contributed by atoms with Gasteiger partial charge in [-0.25, -0.2) is 4.98 Å². The molecule has 10 heteroatoms. The van der Waals surface area contributed by atoms with Gasteiger partial charge in [-0.3, -0.25) is 19.5 Å². The summed E-state index contributed by atoms with van der Waals surface area (Å²) in [7, 11) is 0. The smallest absolute Gasteiger partial charge is 0.280 e. The SMILES string of the molecule is Cc1[nH]n2c(=O)c3cc(Cl)cc(Cl)c3nc2c1/N=N/c1cccc2c1C(=O)c1ccccc1C2=O. The lowest BCUT2D eigenvalue weighted by Crippen LogP contribution is -2.20. The maximum atomic E-state index is 13.2. The topological polar surface area (TPSA) is 109 Å². The number of nitrogens with zero attached hydrogens (tertiary/aromatic N) is 4. The molecule has 5 aromatic rings. The Morgan fingerprint density at radius 2 is 1.60 bits per heavy atom. The monoisotopic (exact) mass is 501 g/mol. The number of nitrogens with one attached hydrogen (secondary N) is 1. The largest absolute Gasteiger partial charge is 0.292 e. The first-order chi connectivity index (χ1) is 16.8. The summed E-state index contributed by atoms with van der Waals surface area (Å²) in [5.74, 6) is -0.548. The fraction of sp³-hybridized carbons (Fsp3) is 0.0400. The molecular weight excluding hydrogens is 489 g/mol. The number of rotatable bonds is 2. The molecule has 2 aromatic heterocycles. The normalized spacial score (nSPS) is 13.1. The van der Waals surface area contributed by atoms with E-state index in [9.17, 15) is 14.4 Å². The number of aryl methyl sites for hydroxylation is 1. The zero-order valence-corrected chi connectivity index (χ0v) is 19.5. The molecule has 0 saturated carbocycles. The Kier molecular flexibility index (Phi) is 4.70. The van der Waals surface area contributed by atoms with Crippen LogP contribution in [0.2, 0.25) is 10.0 Å². The van der Waals surface area contributed by atoms with E-state index in [0.29, 0.717) is 27.5 Å². The minimum Gasteiger partial charge on any atom is -0.292 e. The second kappa shape index (κ2) is 7.69. The van der Waals surface area contributed by atoms with Crippen LogP contribution >= 0.6 is 23.2 Å². The van der Waals surface area contributed by atoms with E-state index >= 15 is 0 Å². The van der Waals surface area contributed by atoms with Gasteiger partial charge in [-0.1, -0.05) is 59.6 Å². The average Bonchev–Trinajstić information content (AvgIpc) is 3.17. The van der Waals surface area contributed by atoms with Gasteiger partial charge in [0, 0.05) is 21.7 Å². The Hall–Kier alpha value is -4.14. The molecular formula is C25H13Cl2N5O3. The van der Waals surface area contributed by atoms with Crippen LogP contribution in [0.1, 0.15) is 37.5 Å². The quantitative estimate of drug-likeness (QED) is 0.294. The van der Waals surface area contributed by atoms with Gasteiger partial charge in [-0.15, -0.1) is 10.2 Å². The third kappa shape index (κ3) is 3.14. The fourth-order valence-electron chi connectivity index (χ4n) is 4.30. The maximum absolute atomic E-state index is 13.2. The van der Waals surface area contributed by atoms with Crippen LogP contribution in [0, 0.1) is 6.92 Å². The van der Waals surface area contributed by atoms with E-state index in [1.54, 1.807) is 49.4 Å². The van der Waals surface area contributed by atoms with E-state index < -0.39 is 5.56 Å². The number of aromatic nitrogens is 3. The number of azo groups is 1. The van der Waals surface area contributed by atoms with Crippen LogP contribution < -0.4 is 5.56 Å². The van der Waals surface area contributed by atoms with E-state index in [-0.39, 0.29) is 50.0 Å². The van der Waals surface area contributed by atoms with Crippen molar-refractivity contribution in [1.29, 1.82) is 0 Å². The van der Waals surface area contributed by atoms with Crippen LogP contribution in [0.5, 0.6) is 0 Å². The Morgan fingerprint density at radius 3 is 2.37 bits per heavy atom. The van der Waals surface area contributed by atoms with Gasteiger partial charge in [-0.05, 0) is 25.1 Å². The number of carbonyl (C=O) groups excluding carboxylic acids is 2. The molecule has 0 spiro atoms. The number of carbonyl (C=O) groups is 2. The van der Waals surface area contributed by atoms with Gasteiger partial charge in [-0.2, -0.15) is 4.52 Å². The Bertz CT molecular complexity index is 1850. The van der Waals surface area contributed by atoms with Crippen LogP contribution in [-0.2, 0) is 0 Å². The van der Waals surface area contributed by atoms with E-state index in [1.165, 1.54) is 16.6 Å². The van der Waals surface area contributed by atoms with E-state index in [2.05, 4.69) is 20.3 Å². The van der Waals surface area contributed by atoms with Crippen molar-refractivity contribution >= 4 is 62.7 Å². The molecule has 0 saturated heterocycles. The van der Waals surface area contributed by atoms with Crippen molar-refractivity contribution in [3.63, 3.8) is 0 Å². The summed E-state index contributed by atoms with van der Waals surface area (Å²) < 4.78 is 1.24. The first kappa shape index (κ1) is 21.4. The molecule has 0 unspecified atom stereocenters. The van der Waals surface area contributed by atoms with Gasteiger partial charge in [0.15, 0.2) is 22.9 Å². The van der Waals surface area contributed by atoms with Crippen molar-refractivity contribution in [3.8, 4) is 0 Å². The number of H-pyrrole nitrogens is 1. The second-order valence-electron chi connectivity index (χ2n) is 8.05. The first-order valence-corrected chi connectivity index (χ1v) is 11.2. The Balaban J connectivity index is 1.53. The van der Waals surface area contributed by atoms with Gasteiger partial charge >= 0.3 is 0 Å². The summed E-state index contributed by atoms with van der Waals surface area (Å²) in [5, 5.41) is 12.4. The Morgan fingerprint density at radius 1 is 0.886 bits per heavy atom. The number of ketones is 2. The van der Waals surface area contributed by atoms with Gasteiger partial charge in [0.25, 0.3) is 5.56 Å². The third-order valence-electron chi connectivity index (χ3n) is 5.93. The molecule has 0 aliphatic heterocycles. The number of hydrogen-bond acceptors (Lipinski definition) is 6. The van der Waals surface area contributed by atoms with Crippen molar-refractivity contribution in [3.05, 3.63) is 103 Å². The molecule has 0 radical (unpaired) electrons. The van der Waals surface area contributed by atoms with Gasteiger partial charge < -0.3 is 0 Å². The third-order valence-corrected chi connectivity index (χ3v) is 6.43. The minimum atomic E-state index is -0.395. The molecule has 2 heterocycles. The number of hydrogen-bond donors (Lipinski definition) is 1. The average molecular weight is 502 g/mol. The highest BCUT2D eigenvalue weighted by molar-refractivity contribution is 6.38. The van der Waals surface area contributed by atoms with Gasteiger partial charge in [0.05, 0.1) is 32.9 Å². The van der Waals surface area contributed by atoms with Crippen molar-refractivity contribution in [2.24, 2.45) is 10.2 Å². The maximum Gasteiger partial charge on any atom is 0.280 e. The fourth-order valence-corrected chi connectivity index (χ4v) is 4.84. The summed E-state index contributed by atoms with van der Waals surface area (Å²) in [5.41, 5.74) is 2.29. The van der Waals surface area contributed by atoms with Crippen LogP contribution in [0.4, 0.5) is 11.4 Å². The lowest BCUT2D eigenvalue weighted by molar-refractivity contribution is 0.0979. The molecule has 3 aromatic carbocycles. The molecule has 0 amide bonds. The molecule has 170 valence electrons. The van der Waals surface area contributed by atoms with Crippen LogP contribution in [-0.4, -0.2) is 26.2 Å². The highest BCUT2D eigenvalue weighted by Crippen LogP contribution is 2.35. The second-order valence-corrected chi connectivity index (χ2v) is 8.89. The summed E-state index contributed by atoms with van der Waals surface area (Å²) in [6.45, 7) is 1.72. The number of benzene rings is 3. The summed E-state index contributed by atoms with van der Waals surface area (Å²) >= 11 is 12.3. The molecule has 0 fully saturated rings. The number of fused-ring (bicyclic) bond motifs is 4. The van der Waals surface area contributed by atoms with Crippen molar-refractivity contribution < 1.29 is 9.59 Å². The van der Waals surface area contributed by atoms with Gasteiger partial charge in [0.1, 0.15) is 0 Å². The number of aromatic amines is 1. The van der Waals surface area contributed by atoms with Gasteiger partial charge in [0.2, 0.25) is 0 Å². The molecule has 1 aliphatic rings. The number of halogens is 2. The lowest BCUT2D eigenvalue weighted by Gasteiger charge is -2.18. The minimum absolute atomic E-state index is 0.186. The van der Waals surface area contributed by atoms with E-state index in [1.807, 2.05) is 0 Å². The molecule has 0 atom stereocenters. The first-order valence-electron chi connectivity index (χ1n) is 10.5. The lowest BCUT2D eigenvalue weighted by atomic mass is 9.83. The molecule has 1 aliphatic carbocycles. The predicted molar refractivity (Wildman–Crippen MR) is 132 cm³/mol. The highest BCUT2D eigenvalue weighted by Gasteiger charge is 2.31. The molecule has 6 rings (SSSR count). The summed E-state index contributed by atoms with van der Waals surface area (Å²) in [4.78, 5) is 43.8. The summed E-state index contributed by atoms with van der Waals surface area (Å²) in [6, 6.07) is 14.5. The molecule has 35 heavy (non-hydrogen) atoms. The van der Waals surface area contributed by atoms with E-state index in [0.717, 1.165) is 0 Å². The standard InChI is InChI=1S/C25H13Cl2N5O3/c1-11-20(24-28-21-16(25(35)32(24)31-11)9-12(26)10-17(21)27)30-29-18-8-4-7-15-19(18)23(34)14-6-3-2-5-13(14)22(15)33/h2-10,31H,1H3/b30-29+. The predicted octanol–water partition coefficient (Wildman–Crippen LogP) is 5.98. The van der Waals surface area contributed by atoms with Crippen molar-refractivity contribution in [2.45, 2.75) is 6.92 Å². The molecule has 8 nitrogen and oxygen atoms in total. The molecule has 1 N–H and O–H groups in total. The Labute approximate surface area is 206 Å². The van der Waals surface area contributed by atoms with Crippen LogP contribution in [0.3, 0.4) is 0 Å². The molecule has 0 bridgehead atoms. The van der Waals surface area contributed by atoms with Crippen molar-refractivity contribution in [1.82, 2.24) is 14.6 Å². The van der Waals surface area contributed by atoms with Crippen molar-refractivity contribution in [2.75, 3.05) is 0 Å². The zero-order valence-electron chi connectivity index (χ0n) is 18.0.